The molecule has 1 atom stereocenters. The van der Waals surface area contributed by atoms with E-state index < -0.39 is 4.92 Å². The van der Waals surface area contributed by atoms with E-state index in [1.165, 1.54) is 34.9 Å². The Kier molecular flexibility index (Phi) is 6.69. The molecule has 8 nitrogen and oxygen atoms in total. The van der Waals surface area contributed by atoms with E-state index in [4.69, 9.17) is 4.74 Å². The first-order valence-electron chi connectivity index (χ1n) is 10.5. The van der Waals surface area contributed by atoms with Crippen molar-refractivity contribution in [3.63, 3.8) is 0 Å². The summed E-state index contributed by atoms with van der Waals surface area (Å²) in [6.07, 6.45) is 0. The summed E-state index contributed by atoms with van der Waals surface area (Å²) in [7, 11) is 1.44. The summed E-state index contributed by atoms with van der Waals surface area (Å²) in [5, 5.41) is 17.6. The van der Waals surface area contributed by atoms with Gasteiger partial charge in [-0.25, -0.2) is 0 Å². The van der Waals surface area contributed by atoms with Gasteiger partial charge >= 0.3 is 0 Å². The van der Waals surface area contributed by atoms with Gasteiger partial charge in [0.25, 0.3) is 5.69 Å². The van der Waals surface area contributed by atoms with E-state index >= 15 is 0 Å². The van der Waals surface area contributed by atoms with Crippen molar-refractivity contribution in [1.82, 2.24) is 9.80 Å². The quantitative estimate of drug-likeness (QED) is 0.429. The summed E-state index contributed by atoms with van der Waals surface area (Å²) in [6, 6.07) is 12.5. The summed E-state index contributed by atoms with van der Waals surface area (Å²) in [5.41, 5.74) is 1.34. The first-order chi connectivity index (χ1) is 15.5. The van der Waals surface area contributed by atoms with E-state index in [-0.39, 0.29) is 23.3 Å². The second kappa shape index (κ2) is 9.64. The van der Waals surface area contributed by atoms with Crippen molar-refractivity contribution in [2.75, 3.05) is 38.6 Å². The molecule has 32 heavy (non-hydrogen) atoms. The smallest absolute Gasteiger partial charge is 0.296 e. The Balaban J connectivity index is 1.34. The molecule has 0 radical (unpaired) electrons. The molecule has 1 amide bonds. The molecule has 0 bridgehead atoms. The van der Waals surface area contributed by atoms with Crippen LogP contribution in [-0.4, -0.2) is 60.0 Å². The first-order valence-corrected chi connectivity index (χ1v) is 11.4. The number of nitro benzene ring substituents is 1. The van der Waals surface area contributed by atoms with Gasteiger partial charge in [0.15, 0.2) is 0 Å². The molecule has 0 saturated carbocycles. The molecule has 0 spiro atoms. The molecule has 2 heterocycles. The average molecular weight is 455 g/mol. The van der Waals surface area contributed by atoms with E-state index in [1.807, 2.05) is 6.92 Å². The van der Waals surface area contributed by atoms with Crippen molar-refractivity contribution >= 4 is 38.7 Å². The fourth-order valence-corrected chi connectivity index (χ4v) is 4.96. The number of nitro groups is 1. The number of methoxy groups -OCH3 is 1. The lowest BCUT2D eigenvalue weighted by atomic mass is 10.1. The molecule has 1 aliphatic heterocycles. The minimum Gasteiger partial charge on any atom is -0.496 e. The molecule has 168 valence electrons. The number of anilines is 1. The average Bonchev–Trinajstić information content (AvgIpc) is 3.22. The third-order valence-electron chi connectivity index (χ3n) is 5.95. The van der Waals surface area contributed by atoms with Gasteiger partial charge in [-0.2, -0.15) is 0 Å². The normalized spacial score (nSPS) is 16.1. The summed E-state index contributed by atoms with van der Waals surface area (Å²) < 4.78 is 6.35. The van der Waals surface area contributed by atoms with Crippen LogP contribution in [-0.2, 0) is 11.3 Å². The summed E-state index contributed by atoms with van der Waals surface area (Å²) >= 11 is 1.77. The zero-order valence-electron chi connectivity index (χ0n) is 18.1. The number of fused-ring (bicyclic) bond motifs is 1. The molecule has 1 saturated heterocycles. The minimum atomic E-state index is -0.518. The van der Waals surface area contributed by atoms with Gasteiger partial charge in [-0.05, 0) is 41.5 Å². The van der Waals surface area contributed by atoms with Crippen LogP contribution in [0.2, 0.25) is 0 Å². The van der Waals surface area contributed by atoms with Crippen LogP contribution in [0.3, 0.4) is 0 Å². The molecule has 9 heteroatoms. The van der Waals surface area contributed by atoms with Crippen molar-refractivity contribution < 1.29 is 14.5 Å². The highest BCUT2D eigenvalue weighted by Crippen LogP contribution is 2.30. The Morgan fingerprint density at radius 1 is 1.22 bits per heavy atom. The SMILES string of the molecule is COc1ccc(NC(=O)C(C)N2CCN(Cc3csc4ccccc34)CC2)c([N+](=O)[O-])c1. The highest BCUT2D eigenvalue weighted by molar-refractivity contribution is 7.17. The van der Waals surface area contributed by atoms with Gasteiger partial charge in [-0.1, -0.05) is 18.2 Å². The second-order valence-corrected chi connectivity index (χ2v) is 8.79. The molecule has 3 aromatic rings. The van der Waals surface area contributed by atoms with Gasteiger partial charge in [-0.15, -0.1) is 11.3 Å². The fraction of sp³-hybridized carbons (Fsp3) is 0.348. The highest BCUT2D eigenvalue weighted by Gasteiger charge is 2.27. The van der Waals surface area contributed by atoms with Crippen molar-refractivity contribution in [2.45, 2.75) is 19.5 Å². The summed E-state index contributed by atoms with van der Waals surface area (Å²) in [5.74, 6) is 0.118. The maximum Gasteiger partial charge on any atom is 0.296 e. The van der Waals surface area contributed by atoms with E-state index in [2.05, 4.69) is 44.8 Å². The number of benzene rings is 2. The molecular formula is C23H26N4O4S. The Morgan fingerprint density at radius 3 is 2.69 bits per heavy atom. The van der Waals surface area contributed by atoms with Crippen LogP contribution in [0.25, 0.3) is 10.1 Å². The summed E-state index contributed by atoms with van der Waals surface area (Å²) in [4.78, 5) is 28.2. The van der Waals surface area contributed by atoms with Gasteiger partial charge < -0.3 is 10.1 Å². The number of hydrogen-bond acceptors (Lipinski definition) is 7. The van der Waals surface area contributed by atoms with Crippen LogP contribution in [0.5, 0.6) is 5.75 Å². The van der Waals surface area contributed by atoms with Gasteiger partial charge in [0, 0.05) is 37.4 Å². The van der Waals surface area contributed by atoms with E-state index in [0.717, 1.165) is 32.7 Å². The highest BCUT2D eigenvalue weighted by atomic mass is 32.1. The van der Waals surface area contributed by atoms with Gasteiger partial charge in [-0.3, -0.25) is 24.7 Å². The van der Waals surface area contributed by atoms with Crippen LogP contribution in [0, 0.1) is 10.1 Å². The molecule has 1 aliphatic rings. The largest absolute Gasteiger partial charge is 0.496 e. The minimum absolute atomic E-state index is 0.177. The van der Waals surface area contributed by atoms with Crippen molar-refractivity contribution in [3.8, 4) is 5.75 Å². The Morgan fingerprint density at radius 2 is 1.97 bits per heavy atom. The van der Waals surface area contributed by atoms with Crippen molar-refractivity contribution in [1.29, 1.82) is 0 Å². The maximum atomic E-state index is 12.8. The van der Waals surface area contributed by atoms with E-state index in [1.54, 1.807) is 17.4 Å². The number of amides is 1. The third-order valence-corrected chi connectivity index (χ3v) is 6.96. The fourth-order valence-electron chi connectivity index (χ4n) is 4.00. The van der Waals surface area contributed by atoms with Crippen LogP contribution >= 0.6 is 11.3 Å². The number of carbonyl (C=O) groups is 1. The number of ether oxygens (including phenoxy) is 1. The number of hydrogen-bond donors (Lipinski definition) is 1. The topological polar surface area (TPSA) is 88.0 Å². The predicted molar refractivity (Wildman–Crippen MR) is 126 cm³/mol. The molecule has 0 aliphatic carbocycles. The van der Waals surface area contributed by atoms with Crippen LogP contribution in [0.15, 0.2) is 47.8 Å². The monoisotopic (exact) mass is 454 g/mol. The molecule has 4 rings (SSSR count). The van der Waals surface area contributed by atoms with Crippen LogP contribution in [0.1, 0.15) is 12.5 Å². The number of rotatable bonds is 7. The third kappa shape index (κ3) is 4.74. The maximum absolute atomic E-state index is 12.8. The lowest BCUT2D eigenvalue weighted by Crippen LogP contribution is -2.52. The van der Waals surface area contributed by atoms with Crippen LogP contribution in [0.4, 0.5) is 11.4 Å². The van der Waals surface area contributed by atoms with Gasteiger partial charge in [0.2, 0.25) is 5.91 Å². The van der Waals surface area contributed by atoms with Crippen LogP contribution < -0.4 is 10.1 Å². The predicted octanol–water partition coefficient (Wildman–Crippen LogP) is 3.96. The number of thiophene rings is 1. The first kappa shape index (κ1) is 22.2. The molecular weight excluding hydrogens is 428 g/mol. The summed E-state index contributed by atoms with van der Waals surface area (Å²) in [6.45, 7) is 6.00. The van der Waals surface area contributed by atoms with Gasteiger partial charge in [0.05, 0.1) is 24.1 Å². The number of nitrogens with zero attached hydrogens (tertiary/aromatic N) is 3. The van der Waals surface area contributed by atoms with Gasteiger partial charge in [0.1, 0.15) is 11.4 Å². The molecule has 1 fully saturated rings. The van der Waals surface area contributed by atoms with Crippen molar-refractivity contribution in [2.24, 2.45) is 0 Å². The Labute approximate surface area is 190 Å². The zero-order chi connectivity index (χ0) is 22.7. The molecule has 1 unspecified atom stereocenters. The lowest BCUT2D eigenvalue weighted by Gasteiger charge is -2.37. The van der Waals surface area contributed by atoms with Crippen molar-refractivity contribution in [3.05, 3.63) is 63.5 Å². The van der Waals surface area contributed by atoms with E-state index in [9.17, 15) is 14.9 Å². The second-order valence-electron chi connectivity index (χ2n) is 7.87. The molecule has 1 N–H and O–H groups in total. The molecule has 2 aromatic carbocycles. The molecule has 1 aromatic heterocycles. The standard InChI is InChI=1S/C23H26N4O4S/c1-16(23(28)24-20-8-7-18(31-2)13-21(20)27(29)30)26-11-9-25(10-12-26)14-17-15-32-22-6-4-3-5-19(17)22/h3-8,13,15-16H,9-12,14H2,1-2H3,(H,24,28). The number of piperazine rings is 1. The zero-order valence-corrected chi connectivity index (χ0v) is 18.9. The lowest BCUT2D eigenvalue weighted by molar-refractivity contribution is -0.384. The number of nitrogens with one attached hydrogen (secondary N) is 1. The number of carbonyl (C=O) groups excluding carboxylic acids is 1. The van der Waals surface area contributed by atoms with E-state index in [0.29, 0.717) is 5.75 Å². The Bertz CT molecular complexity index is 1120. The Hall–Kier alpha value is -3.01.